The Kier molecular flexibility index (Phi) is 2.59. The zero-order chi connectivity index (χ0) is 11.0. The SMILES string of the molecule is OC12CCCCC1CN(c1nncs1)CC2. The van der Waals surface area contributed by atoms with Crippen molar-refractivity contribution in [3.63, 3.8) is 0 Å². The first-order valence-corrected chi connectivity index (χ1v) is 6.89. The van der Waals surface area contributed by atoms with Gasteiger partial charge in [-0.05, 0) is 19.3 Å². The van der Waals surface area contributed by atoms with Gasteiger partial charge in [0.1, 0.15) is 5.51 Å². The van der Waals surface area contributed by atoms with Crippen LogP contribution in [0.25, 0.3) is 0 Å². The highest BCUT2D eigenvalue weighted by molar-refractivity contribution is 7.13. The highest BCUT2D eigenvalue weighted by Crippen LogP contribution is 2.40. The third-order valence-electron chi connectivity index (χ3n) is 4.05. The highest BCUT2D eigenvalue weighted by atomic mass is 32.1. The van der Waals surface area contributed by atoms with Crippen molar-refractivity contribution < 1.29 is 5.11 Å². The van der Waals surface area contributed by atoms with E-state index in [2.05, 4.69) is 15.1 Å². The normalized spacial score (nSPS) is 34.8. The molecule has 2 heterocycles. The molecule has 0 aromatic carbocycles. The van der Waals surface area contributed by atoms with Crippen LogP contribution >= 0.6 is 11.3 Å². The van der Waals surface area contributed by atoms with Gasteiger partial charge in [-0.1, -0.05) is 24.2 Å². The van der Waals surface area contributed by atoms with Gasteiger partial charge in [0, 0.05) is 19.0 Å². The van der Waals surface area contributed by atoms with Crippen molar-refractivity contribution in [2.24, 2.45) is 5.92 Å². The molecular formula is C11H17N3OS. The maximum absolute atomic E-state index is 10.5. The monoisotopic (exact) mass is 239 g/mol. The van der Waals surface area contributed by atoms with E-state index in [1.54, 1.807) is 16.8 Å². The zero-order valence-electron chi connectivity index (χ0n) is 9.30. The quantitative estimate of drug-likeness (QED) is 0.810. The van der Waals surface area contributed by atoms with Gasteiger partial charge in [-0.2, -0.15) is 0 Å². The molecule has 0 bridgehead atoms. The number of aliphatic hydroxyl groups is 1. The minimum Gasteiger partial charge on any atom is -0.389 e. The number of rotatable bonds is 1. The smallest absolute Gasteiger partial charge is 0.208 e. The average molecular weight is 239 g/mol. The molecule has 0 amide bonds. The lowest BCUT2D eigenvalue weighted by Crippen LogP contribution is -2.53. The molecule has 3 rings (SSSR count). The molecule has 0 spiro atoms. The van der Waals surface area contributed by atoms with Gasteiger partial charge in [0.15, 0.2) is 0 Å². The predicted molar refractivity (Wildman–Crippen MR) is 63.6 cm³/mol. The van der Waals surface area contributed by atoms with Crippen molar-refractivity contribution in [1.82, 2.24) is 10.2 Å². The molecule has 1 saturated heterocycles. The van der Waals surface area contributed by atoms with E-state index in [9.17, 15) is 5.11 Å². The number of aromatic nitrogens is 2. The third-order valence-corrected chi connectivity index (χ3v) is 4.80. The molecule has 5 heteroatoms. The van der Waals surface area contributed by atoms with Gasteiger partial charge in [0.25, 0.3) is 0 Å². The van der Waals surface area contributed by atoms with E-state index in [4.69, 9.17) is 0 Å². The zero-order valence-corrected chi connectivity index (χ0v) is 10.1. The molecule has 1 N–H and O–H groups in total. The predicted octanol–water partition coefficient (Wildman–Crippen LogP) is 1.67. The van der Waals surface area contributed by atoms with Crippen LogP contribution in [0.15, 0.2) is 5.51 Å². The van der Waals surface area contributed by atoms with E-state index in [1.807, 2.05) is 0 Å². The summed E-state index contributed by atoms with van der Waals surface area (Å²) in [6, 6.07) is 0. The topological polar surface area (TPSA) is 49.2 Å². The summed E-state index contributed by atoms with van der Waals surface area (Å²) in [6.07, 6.45) is 5.48. The molecule has 0 radical (unpaired) electrons. The van der Waals surface area contributed by atoms with Crippen LogP contribution in [-0.2, 0) is 0 Å². The lowest BCUT2D eigenvalue weighted by Gasteiger charge is -2.47. The van der Waals surface area contributed by atoms with Crippen molar-refractivity contribution in [1.29, 1.82) is 0 Å². The van der Waals surface area contributed by atoms with Crippen LogP contribution in [0.2, 0.25) is 0 Å². The van der Waals surface area contributed by atoms with Gasteiger partial charge in [-0.15, -0.1) is 10.2 Å². The first kappa shape index (κ1) is 10.5. The Hall–Kier alpha value is -0.680. The molecule has 2 atom stereocenters. The van der Waals surface area contributed by atoms with Crippen LogP contribution in [-0.4, -0.2) is 34.0 Å². The van der Waals surface area contributed by atoms with E-state index >= 15 is 0 Å². The maximum atomic E-state index is 10.5. The fourth-order valence-electron chi connectivity index (χ4n) is 3.05. The van der Waals surface area contributed by atoms with Gasteiger partial charge in [0.2, 0.25) is 5.13 Å². The summed E-state index contributed by atoms with van der Waals surface area (Å²) in [7, 11) is 0. The summed E-state index contributed by atoms with van der Waals surface area (Å²) in [5.74, 6) is 0.430. The number of hydrogen-bond acceptors (Lipinski definition) is 5. The fraction of sp³-hybridized carbons (Fsp3) is 0.818. The van der Waals surface area contributed by atoms with E-state index in [0.717, 1.165) is 37.5 Å². The molecule has 2 aliphatic rings. The highest BCUT2D eigenvalue weighted by Gasteiger charge is 2.43. The van der Waals surface area contributed by atoms with Crippen molar-refractivity contribution in [3.8, 4) is 0 Å². The molecule has 2 fully saturated rings. The number of piperidine rings is 1. The largest absolute Gasteiger partial charge is 0.389 e. The molecule has 4 nitrogen and oxygen atoms in total. The Morgan fingerprint density at radius 2 is 2.38 bits per heavy atom. The van der Waals surface area contributed by atoms with E-state index in [1.165, 1.54) is 12.8 Å². The molecule has 88 valence electrons. The summed E-state index contributed by atoms with van der Waals surface area (Å²) in [4.78, 5) is 2.28. The Bertz CT molecular complexity index is 356. The Morgan fingerprint density at radius 1 is 1.44 bits per heavy atom. The molecule has 2 unspecified atom stereocenters. The lowest BCUT2D eigenvalue weighted by atomic mass is 9.71. The van der Waals surface area contributed by atoms with E-state index in [-0.39, 0.29) is 5.60 Å². The molecule has 1 aromatic heterocycles. The summed E-state index contributed by atoms with van der Waals surface area (Å²) in [5, 5.41) is 19.6. The molecule has 1 saturated carbocycles. The first-order chi connectivity index (χ1) is 7.78. The minimum atomic E-state index is -0.389. The van der Waals surface area contributed by atoms with Crippen molar-refractivity contribution >= 4 is 16.5 Å². The average Bonchev–Trinajstić information content (AvgIpc) is 2.81. The Morgan fingerprint density at radius 3 is 3.19 bits per heavy atom. The Balaban J connectivity index is 1.75. The molecule has 16 heavy (non-hydrogen) atoms. The summed E-state index contributed by atoms with van der Waals surface area (Å²) >= 11 is 1.59. The van der Waals surface area contributed by atoms with Gasteiger partial charge in [-0.25, -0.2) is 0 Å². The number of nitrogens with zero attached hydrogens (tertiary/aromatic N) is 3. The molecular weight excluding hydrogens is 222 g/mol. The standard InChI is InChI=1S/C11H17N3OS/c15-11-4-2-1-3-9(11)7-14(6-5-11)10-13-12-8-16-10/h8-9,15H,1-7H2. The maximum Gasteiger partial charge on any atom is 0.208 e. The fourth-order valence-corrected chi connectivity index (χ4v) is 3.65. The lowest BCUT2D eigenvalue weighted by molar-refractivity contribution is -0.0612. The second-order valence-corrected chi connectivity index (χ2v) is 5.78. The van der Waals surface area contributed by atoms with Gasteiger partial charge in [0.05, 0.1) is 5.60 Å². The number of anilines is 1. The van der Waals surface area contributed by atoms with Crippen LogP contribution < -0.4 is 4.90 Å². The molecule has 1 aliphatic heterocycles. The van der Waals surface area contributed by atoms with Crippen molar-refractivity contribution in [2.75, 3.05) is 18.0 Å². The summed E-state index contributed by atoms with van der Waals surface area (Å²) in [6.45, 7) is 1.87. The summed E-state index contributed by atoms with van der Waals surface area (Å²) < 4.78 is 0. The van der Waals surface area contributed by atoms with E-state index in [0.29, 0.717) is 5.92 Å². The second-order valence-electron chi connectivity index (χ2n) is 4.96. The van der Waals surface area contributed by atoms with Crippen LogP contribution in [0.5, 0.6) is 0 Å². The first-order valence-electron chi connectivity index (χ1n) is 6.01. The van der Waals surface area contributed by atoms with E-state index < -0.39 is 0 Å². The van der Waals surface area contributed by atoms with Gasteiger partial charge < -0.3 is 10.0 Å². The number of hydrogen-bond donors (Lipinski definition) is 1. The number of fused-ring (bicyclic) bond motifs is 1. The second kappa shape index (κ2) is 3.96. The van der Waals surface area contributed by atoms with Crippen molar-refractivity contribution in [3.05, 3.63) is 5.51 Å². The van der Waals surface area contributed by atoms with Crippen molar-refractivity contribution in [2.45, 2.75) is 37.7 Å². The Labute approximate surface area is 99.3 Å². The molecule has 1 aromatic rings. The summed E-state index contributed by atoms with van der Waals surface area (Å²) in [5.41, 5.74) is 1.39. The van der Waals surface area contributed by atoms with Gasteiger partial charge >= 0.3 is 0 Å². The van der Waals surface area contributed by atoms with Crippen LogP contribution in [0.4, 0.5) is 5.13 Å². The minimum absolute atomic E-state index is 0.389. The third kappa shape index (κ3) is 1.72. The van der Waals surface area contributed by atoms with Gasteiger partial charge in [-0.3, -0.25) is 0 Å². The van der Waals surface area contributed by atoms with Crippen LogP contribution in [0.3, 0.4) is 0 Å². The molecule has 1 aliphatic carbocycles. The van der Waals surface area contributed by atoms with Crippen LogP contribution in [0.1, 0.15) is 32.1 Å². The van der Waals surface area contributed by atoms with Crippen LogP contribution in [0, 0.1) is 5.92 Å².